The van der Waals surface area contributed by atoms with Gasteiger partial charge in [0, 0.05) is 24.2 Å². The number of hydrogen-bond donors (Lipinski definition) is 3. The molecule has 1 fully saturated rings. The fraction of sp³-hybridized carbons (Fsp3) is 0.600. The summed E-state index contributed by atoms with van der Waals surface area (Å²) in [7, 11) is 0. The van der Waals surface area contributed by atoms with Crippen molar-refractivity contribution < 1.29 is 4.79 Å². The van der Waals surface area contributed by atoms with Crippen molar-refractivity contribution in [1.29, 1.82) is 0 Å². The number of carbonyl (C=O) groups excluding carboxylic acids is 1. The number of carbonyl (C=O) groups is 1. The number of benzene rings is 1. The van der Waals surface area contributed by atoms with E-state index in [1.807, 2.05) is 31.2 Å². The summed E-state index contributed by atoms with van der Waals surface area (Å²) in [5.41, 5.74) is 7.70. The normalized spacial score (nSPS) is 19.3. The molecular formula is C20H33N5O. The highest BCUT2D eigenvalue weighted by atomic mass is 16.1. The Kier molecular flexibility index (Phi) is 7.91. The first-order chi connectivity index (χ1) is 12.5. The predicted molar refractivity (Wildman–Crippen MR) is 107 cm³/mol. The highest BCUT2D eigenvalue weighted by Crippen LogP contribution is 2.15. The number of hydrogen-bond acceptors (Lipinski definition) is 3. The van der Waals surface area contributed by atoms with E-state index in [4.69, 9.17) is 5.73 Å². The molecule has 2 atom stereocenters. The summed E-state index contributed by atoms with van der Waals surface area (Å²) in [5.74, 6) is 0.444. The Balaban J connectivity index is 1.80. The van der Waals surface area contributed by atoms with E-state index >= 15 is 0 Å². The Labute approximate surface area is 157 Å². The van der Waals surface area contributed by atoms with Crippen LogP contribution in [0, 0.1) is 0 Å². The van der Waals surface area contributed by atoms with E-state index in [1.54, 1.807) is 0 Å². The second-order valence-electron chi connectivity index (χ2n) is 6.99. The smallest absolute Gasteiger partial charge is 0.251 e. The maximum atomic E-state index is 12.1. The molecule has 2 rings (SSSR count). The second-order valence-corrected chi connectivity index (χ2v) is 6.99. The average Bonchev–Trinajstić information content (AvgIpc) is 3.12. The first kappa shape index (κ1) is 20.2. The molecule has 6 nitrogen and oxygen atoms in total. The maximum absolute atomic E-state index is 12.1. The van der Waals surface area contributed by atoms with E-state index in [0.29, 0.717) is 24.1 Å². The first-order valence-electron chi connectivity index (χ1n) is 9.71. The van der Waals surface area contributed by atoms with E-state index in [-0.39, 0.29) is 11.9 Å². The Morgan fingerprint density at radius 3 is 2.73 bits per heavy atom. The van der Waals surface area contributed by atoms with Gasteiger partial charge < -0.3 is 16.4 Å². The van der Waals surface area contributed by atoms with Crippen molar-refractivity contribution >= 4 is 11.9 Å². The first-order valence-corrected chi connectivity index (χ1v) is 9.71. The van der Waals surface area contributed by atoms with E-state index in [2.05, 4.69) is 34.4 Å². The number of nitrogens with zero attached hydrogens (tertiary/aromatic N) is 2. The van der Waals surface area contributed by atoms with Crippen LogP contribution in [0.15, 0.2) is 29.3 Å². The molecule has 6 heteroatoms. The van der Waals surface area contributed by atoms with Gasteiger partial charge in [-0.05, 0) is 57.0 Å². The second kappa shape index (κ2) is 10.2. The number of nitrogens with two attached hydrogens (primary N) is 1. The third-order valence-electron chi connectivity index (χ3n) is 5.06. The summed E-state index contributed by atoms with van der Waals surface area (Å²) in [6.45, 7) is 9.87. The highest BCUT2D eigenvalue weighted by Gasteiger charge is 2.22. The molecule has 2 unspecified atom stereocenters. The van der Waals surface area contributed by atoms with Crippen LogP contribution in [0.3, 0.4) is 0 Å². The van der Waals surface area contributed by atoms with Gasteiger partial charge in [0.05, 0.1) is 6.54 Å². The SMILES string of the molecule is CCC(C)NC(=O)c1ccc(CN=C(N)NCC2CCCN2CC)cc1. The minimum Gasteiger partial charge on any atom is -0.370 e. The van der Waals surface area contributed by atoms with Gasteiger partial charge in [-0.3, -0.25) is 9.69 Å². The minimum absolute atomic E-state index is 0.0346. The molecule has 26 heavy (non-hydrogen) atoms. The molecule has 1 aliphatic rings. The molecule has 1 amide bonds. The maximum Gasteiger partial charge on any atom is 0.251 e. The molecule has 1 aromatic rings. The standard InChI is InChI=1S/C20H33N5O/c1-4-15(3)24-19(26)17-10-8-16(9-11-17)13-22-20(21)23-14-18-7-6-12-25(18)5-2/h8-11,15,18H,4-7,12-14H2,1-3H3,(H,24,26)(H3,21,22,23). The fourth-order valence-corrected chi connectivity index (χ4v) is 3.17. The van der Waals surface area contributed by atoms with Crippen LogP contribution in [0.5, 0.6) is 0 Å². The van der Waals surface area contributed by atoms with E-state index in [9.17, 15) is 4.79 Å². The van der Waals surface area contributed by atoms with Crippen molar-refractivity contribution in [2.75, 3.05) is 19.6 Å². The summed E-state index contributed by atoms with van der Waals surface area (Å²) in [4.78, 5) is 19.0. The molecule has 0 saturated carbocycles. The third-order valence-corrected chi connectivity index (χ3v) is 5.06. The van der Waals surface area contributed by atoms with Crippen molar-refractivity contribution in [3.05, 3.63) is 35.4 Å². The van der Waals surface area contributed by atoms with Crippen LogP contribution in [0.4, 0.5) is 0 Å². The van der Waals surface area contributed by atoms with Gasteiger partial charge in [0.2, 0.25) is 0 Å². The number of likely N-dealkylation sites (tertiary alicyclic amines) is 1. The molecule has 0 spiro atoms. The summed E-state index contributed by atoms with van der Waals surface area (Å²) in [5, 5.41) is 6.21. The van der Waals surface area contributed by atoms with Crippen molar-refractivity contribution in [2.45, 2.75) is 58.7 Å². The quantitative estimate of drug-likeness (QED) is 0.490. The molecule has 1 heterocycles. The van der Waals surface area contributed by atoms with Crippen LogP contribution >= 0.6 is 0 Å². The van der Waals surface area contributed by atoms with Crippen molar-refractivity contribution in [1.82, 2.24) is 15.5 Å². The lowest BCUT2D eigenvalue weighted by Gasteiger charge is -2.23. The molecule has 0 radical (unpaired) electrons. The van der Waals surface area contributed by atoms with Gasteiger partial charge in [-0.25, -0.2) is 4.99 Å². The lowest BCUT2D eigenvalue weighted by molar-refractivity contribution is 0.0939. The number of guanidine groups is 1. The molecule has 1 aliphatic heterocycles. The molecule has 1 aromatic carbocycles. The molecule has 4 N–H and O–H groups in total. The van der Waals surface area contributed by atoms with Gasteiger partial charge in [-0.1, -0.05) is 26.0 Å². The van der Waals surface area contributed by atoms with Gasteiger partial charge in [0.25, 0.3) is 5.91 Å². The number of rotatable bonds is 8. The van der Waals surface area contributed by atoms with Gasteiger partial charge in [-0.2, -0.15) is 0 Å². The summed E-state index contributed by atoms with van der Waals surface area (Å²) >= 11 is 0. The van der Waals surface area contributed by atoms with Crippen molar-refractivity contribution in [3.8, 4) is 0 Å². The van der Waals surface area contributed by atoms with Gasteiger partial charge in [-0.15, -0.1) is 0 Å². The van der Waals surface area contributed by atoms with Crippen LogP contribution < -0.4 is 16.4 Å². The average molecular weight is 360 g/mol. The van der Waals surface area contributed by atoms with Crippen LogP contribution in [-0.2, 0) is 6.54 Å². The number of likely N-dealkylation sites (N-methyl/N-ethyl adjacent to an activating group) is 1. The minimum atomic E-state index is -0.0346. The lowest BCUT2D eigenvalue weighted by atomic mass is 10.1. The molecule has 0 aromatic heterocycles. The summed E-state index contributed by atoms with van der Waals surface area (Å²) in [6.07, 6.45) is 3.39. The topological polar surface area (TPSA) is 82.8 Å². The third kappa shape index (κ3) is 6.02. The molecule has 144 valence electrons. The van der Waals surface area contributed by atoms with Crippen LogP contribution in [0.25, 0.3) is 0 Å². The number of aliphatic imine (C=N–C) groups is 1. The zero-order chi connectivity index (χ0) is 18.9. The Hall–Kier alpha value is -2.08. The Morgan fingerprint density at radius 2 is 2.08 bits per heavy atom. The largest absolute Gasteiger partial charge is 0.370 e. The van der Waals surface area contributed by atoms with Gasteiger partial charge in [0.1, 0.15) is 0 Å². The number of nitrogens with one attached hydrogen (secondary N) is 2. The highest BCUT2D eigenvalue weighted by molar-refractivity contribution is 5.94. The van der Waals surface area contributed by atoms with Crippen LogP contribution in [-0.4, -0.2) is 48.5 Å². The van der Waals surface area contributed by atoms with E-state index in [1.165, 1.54) is 19.4 Å². The Morgan fingerprint density at radius 1 is 1.35 bits per heavy atom. The van der Waals surface area contributed by atoms with E-state index in [0.717, 1.165) is 25.1 Å². The zero-order valence-corrected chi connectivity index (χ0v) is 16.3. The summed E-state index contributed by atoms with van der Waals surface area (Å²) in [6, 6.07) is 8.27. The van der Waals surface area contributed by atoms with Crippen molar-refractivity contribution in [3.63, 3.8) is 0 Å². The fourth-order valence-electron chi connectivity index (χ4n) is 3.17. The molecule has 1 saturated heterocycles. The van der Waals surface area contributed by atoms with Crippen molar-refractivity contribution in [2.24, 2.45) is 10.7 Å². The van der Waals surface area contributed by atoms with Gasteiger partial charge >= 0.3 is 0 Å². The Bertz CT molecular complexity index is 599. The van der Waals surface area contributed by atoms with Crippen LogP contribution in [0.1, 0.15) is 56.0 Å². The monoisotopic (exact) mass is 359 g/mol. The number of amides is 1. The van der Waals surface area contributed by atoms with Gasteiger partial charge in [0.15, 0.2) is 5.96 Å². The van der Waals surface area contributed by atoms with E-state index < -0.39 is 0 Å². The molecular weight excluding hydrogens is 326 g/mol. The predicted octanol–water partition coefficient (Wildman–Crippen LogP) is 2.10. The molecule has 0 aliphatic carbocycles. The zero-order valence-electron chi connectivity index (χ0n) is 16.3. The molecule has 0 bridgehead atoms. The summed E-state index contributed by atoms with van der Waals surface area (Å²) < 4.78 is 0. The van der Waals surface area contributed by atoms with Crippen LogP contribution in [0.2, 0.25) is 0 Å². The lowest BCUT2D eigenvalue weighted by Crippen LogP contribution is -2.42.